The monoisotopic (exact) mass is 278 g/mol. The Kier molecular flexibility index (Phi) is 4.37. The van der Waals surface area contributed by atoms with Crippen LogP contribution in [0.25, 0.3) is 0 Å². The van der Waals surface area contributed by atoms with Gasteiger partial charge in [-0.3, -0.25) is 9.59 Å². The fraction of sp³-hybridized carbons (Fsp3) is 0.467. The maximum absolute atomic E-state index is 13.2. The molecule has 0 saturated heterocycles. The van der Waals surface area contributed by atoms with Crippen LogP contribution in [0.3, 0.4) is 0 Å². The van der Waals surface area contributed by atoms with Crippen molar-refractivity contribution >= 4 is 17.5 Å². The molecule has 4 nitrogen and oxygen atoms in total. The van der Waals surface area contributed by atoms with Crippen molar-refractivity contribution in [1.29, 1.82) is 0 Å². The van der Waals surface area contributed by atoms with E-state index in [0.717, 1.165) is 12.8 Å². The quantitative estimate of drug-likeness (QED) is 0.889. The number of hydrogen-bond acceptors (Lipinski definition) is 2. The molecule has 1 aliphatic rings. The third-order valence-electron chi connectivity index (χ3n) is 3.48. The van der Waals surface area contributed by atoms with E-state index in [2.05, 4.69) is 17.6 Å². The topological polar surface area (TPSA) is 58.2 Å². The van der Waals surface area contributed by atoms with Gasteiger partial charge in [-0.15, -0.1) is 0 Å². The zero-order chi connectivity index (χ0) is 14.7. The Hall–Kier alpha value is -1.91. The summed E-state index contributed by atoms with van der Waals surface area (Å²) in [4.78, 5) is 23.9. The average molecular weight is 278 g/mol. The van der Waals surface area contributed by atoms with Crippen LogP contribution in [-0.4, -0.2) is 17.9 Å². The summed E-state index contributed by atoms with van der Waals surface area (Å²) in [5.41, 5.74) is 1.07. The fourth-order valence-electron chi connectivity index (χ4n) is 2.52. The van der Waals surface area contributed by atoms with Crippen LogP contribution in [0.2, 0.25) is 0 Å². The molecule has 1 aromatic rings. The van der Waals surface area contributed by atoms with Gasteiger partial charge in [0.2, 0.25) is 11.8 Å². The number of carbonyl (C=O) groups is 2. The van der Waals surface area contributed by atoms with Gasteiger partial charge in [-0.05, 0) is 31.0 Å². The molecule has 1 heterocycles. The van der Waals surface area contributed by atoms with E-state index in [0.29, 0.717) is 11.3 Å². The van der Waals surface area contributed by atoms with E-state index in [1.807, 2.05) is 6.92 Å². The van der Waals surface area contributed by atoms with Crippen LogP contribution in [0.5, 0.6) is 0 Å². The zero-order valence-corrected chi connectivity index (χ0v) is 11.7. The lowest BCUT2D eigenvalue weighted by Gasteiger charge is -2.26. The highest BCUT2D eigenvalue weighted by molar-refractivity contribution is 6.01. The minimum absolute atomic E-state index is 0.0707. The number of carbonyl (C=O) groups excluding carboxylic acids is 2. The summed E-state index contributed by atoms with van der Waals surface area (Å²) in [5, 5.41) is 5.52. The Morgan fingerprint density at radius 3 is 3.00 bits per heavy atom. The average Bonchev–Trinajstić information content (AvgIpc) is 2.37. The molecule has 2 atom stereocenters. The first kappa shape index (κ1) is 14.5. The number of fused-ring (bicyclic) bond motifs is 1. The number of hydrogen-bond donors (Lipinski definition) is 2. The molecule has 0 saturated carbocycles. The van der Waals surface area contributed by atoms with E-state index in [1.54, 1.807) is 6.07 Å². The molecule has 0 aromatic heterocycles. The van der Waals surface area contributed by atoms with Gasteiger partial charge < -0.3 is 10.6 Å². The second-order valence-corrected chi connectivity index (χ2v) is 5.23. The molecule has 0 aliphatic carbocycles. The lowest BCUT2D eigenvalue weighted by atomic mass is 9.89. The normalized spacial score (nSPS) is 18.9. The number of rotatable bonds is 4. The second kappa shape index (κ2) is 6.03. The van der Waals surface area contributed by atoms with Crippen molar-refractivity contribution in [3.8, 4) is 0 Å². The number of benzene rings is 1. The van der Waals surface area contributed by atoms with E-state index in [-0.39, 0.29) is 24.3 Å². The molecule has 5 heteroatoms. The van der Waals surface area contributed by atoms with Gasteiger partial charge in [0.25, 0.3) is 0 Å². The first-order chi connectivity index (χ1) is 9.51. The van der Waals surface area contributed by atoms with Crippen LogP contribution < -0.4 is 10.6 Å². The van der Waals surface area contributed by atoms with Crippen molar-refractivity contribution in [3.05, 3.63) is 29.6 Å². The summed E-state index contributed by atoms with van der Waals surface area (Å²) in [5.74, 6) is -1.40. The van der Waals surface area contributed by atoms with Crippen molar-refractivity contribution in [2.75, 3.05) is 5.32 Å². The molecule has 2 N–H and O–H groups in total. The molecule has 1 aliphatic heterocycles. The molecule has 0 unspecified atom stereocenters. The minimum atomic E-state index is -0.543. The van der Waals surface area contributed by atoms with Gasteiger partial charge >= 0.3 is 0 Å². The van der Waals surface area contributed by atoms with E-state index in [4.69, 9.17) is 0 Å². The van der Waals surface area contributed by atoms with Crippen LogP contribution in [-0.2, 0) is 9.59 Å². The highest BCUT2D eigenvalue weighted by atomic mass is 19.1. The SMILES string of the molecule is CCC[C@@H](C)NC(=O)[C@@H]1CC(=O)Nc2cc(F)ccc21. The molecular formula is C15H19FN2O2. The second-order valence-electron chi connectivity index (χ2n) is 5.23. The molecule has 0 spiro atoms. The van der Waals surface area contributed by atoms with Crippen LogP contribution in [0.15, 0.2) is 18.2 Å². The van der Waals surface area contributed by atoms with Gasteiger partial charge in [-0.1, -0.05) is 19.4 Å². The molecule has 0 radical (unpaired) electrons. The molecule has 1 aromatic carbocycles. The van der Waals surface area contributed by atoms with E-state index in [9.17, 15) is 14.0 Å². The van der Waals surface area contributed by atoms with Gasteiger partial charge in [-0.25, -0.2) is 4.39 Å². The molecule has 108 valence electrons. The molecule has 0 fully saturated rings. The Balaban J connectivity index is 2.20. The highest BCUT2D eigenvalue weighted by Crippen LogP contribution is 2.32. The van der Waals surface area contributed by atoms with Crippen molar-refractivity contribution in [2.24, 2.45) is 0 Å². The predicted octanol–water partition coefficient (Wildman–Crippen LogP) is 2.56. The Labute approximate surface area is 117 Å². The fourth-order valence-corrected chi connectivity index (χ4v) is 2.52. The van der Waals surface area contributed by atoms with Gasteiger partial charge in [0.1, 0.15) is 5.82 Å². The predicted molar refractivity (Wildman–Crippen MR) is 74.9 cm³/mol. The molecule has 2 rings (SSSR count). The summed E-state index contributed by atoms with van der Waals surface area (Å²) in [6, 6.07) is 4.20. The van der Waals surface area contributed by atoms with Crippen LogP contribution >= 0.6 is 0 Å². The Morgan fingerprint density at radius 1 is 1.55 bits per heavy atom. The first-order valence-corrected chi connectivity index (χ1v) is 6.91. The van der Waals surface area contributed by atoms with Gasteiger partial charge in [-0.2, -0.15) is 0 Å². The van der Waals surface area contributed by atoms with E-state index in [1.165, 1.54) is 12.1 Å². The minimum Gasteiger partial charge on any atom is -0.353 e. The summed E-state index contributed by atoms with van der Waals surface area (Å²) in [6.07, 6.45) is 1.97. The van der Waals surface area contributed by atoms with Gasteiger partial charge in [0.15, 0.2) is 0 Å². The lowest BCUT2D eigenvalue weighted by molar-refractivity contribution is -0.126. The van der Waals surface area contributed by atoms with Crippen molar-refractivity contribution in [2.45, 2.75) is 45.1 Å². The summed E-state index contributed by atoms with van der Waals surface area (Å²) in [7, 11) is 0. The van der Waals surface area contributed by atoms with Crippen LogP contribution in [0, 0.1) is 5.82 Å². The summed E-state index contributed by atoms with van der Waals surface area (Å²) < 4.78 is 13.2. The third-order valence-corrected chi connectivity index (χ3v) is 3.48. The van der Waals surface area contributed by atoms with Crippen LogP contribution in [0.1, 0.15) is 44.6 Å². The molecule has 2 amide bonds. The molecular weight excluding hydrogens is 259 g/mol. The standard InChI is InChI=1S/C15H19FN2O2/c1-3-4-9(2)17-15(20)12-8-14(19)18-13-7-10(16)5-6-11(12)13/h5-7,9,12H,3-4,8H2,1-2H3,(H,17,20)(H,18,19)/t9-,12-/m1/s1. The Morgan fingerprint density at radius 2 is 2.30 bits per heavy atom. The van der Waals surface area contributed by atoms with Crippen molar-refractivity contribution in [3.63, 3.8) is 0 Å². The van der Waals surface area contributed by atoms with E-state index < -0.39 is 11.7 Å². The first-order valence-electron chi connectivity index (χ1n) is 6.91. The molecule has 20 heavy (non-hydrogen) atoms. The number of nitrogens with one attached hydrogen (secondary N) is 2. The van der Waals surface area contributed by atoms with Gasteiger partial charge in [0.05, 0.1) is 5.92 Å². The van der Waals surface area contributed by atoms with E-state index >= 15 is 0 Å². The summed E-state index contributed by atoms with van der Waals surface area (Å²) >= 11 is 0. The number of halogens is 1. The highest BCUT2D eigenvalue weighted by Gasteiger charge is 2.31. The van der Waals surface area contributed by atoms with Crippen molar-refractivity contribution < 1.29 is 14.0 Å². The maximum Gasteiger partial charge on any atom is 0.228 e. The zero-order valence-electron chi connectivity index (χ0n) is 11.7. The van der Waals surface area contributed by atoms with Crippen molar-refractivity contribution in [1.82, 2.24) is 5.32 Å². The maximum atomic E-state index is 13.2. The van der Waals surface area contributed by atoms with Gasteiger partial charge in [0, 0.05) is 18.2 Å². The lowest BCUT2D eigenvalue weighted by Crippen LogP contribution is -2.39. The smallest absolute Gasteiger partial charge is 0.228 e. The summed E-state index contributed by atoms with van der Waals surface area (Å²) in [6.45, 7) is 3.99. The number of amides is 2. The third kappa shape index (κ3) is 3.15. The largest absolute Gasteiger partial charge is 0.353 e. The van der Waals surface area contributed by atoms with Crippen LogP contribution in [0.4, 0.5) is 10.1 Å². The Bertz CT molecular complexity index is 531. The molecule has 0 bridgehead atoms. The number of anilines is 1.